The molecule has 1 heterocycles. The van der Waals surface area contributed by atoms with Crippen molar-refractivity contribution in [2.24, 2.45) is 0 Å². The van der Waals surface area contributed by atoms with Gasteiger partial charge in [0.1, 0.15) is 22.7 Å². The number of hydrogen-bond acceptors (Lipinski definition) is 7. The minimum atomic E-state index is -0.918. The number of nitrogen functional groups attached to an aromatic ring is 1. The number of ketones is 1. The molecule has 0 unspecified atom stereocenters. The first-order valence-electron chi connectivity index (χ1n) is 7.86. The summed E-state index contributed by atoms with van der Waals surface area (Å²) in [4.78, 5) is 50.2. The van der Waals surface area contributed by atoms with Gasteiger partial charge in [0.2, 0.25) is 5.78 Å². The summed E-state index contributed by atoms with van der Waals surface area (Å²) in [6, 6.07) is 6.35. The summed E-state index contributed by atoms with van der Waals surface area (Å²) in [5.41, 5.74) is 3.91. The third-order valence-corrected chi connectivity index (χ3v) is 3.63. The van der Waals surface area contributed by atoms with Crippen molar-refractivity contribution in [1.29, 1.82) is 0 Å². The second-order valence-corrected chi connectivity index (χ2v) is 5.37. The Morgan fingerprint density at radius 1 is 1.23 bits per heavy atom. The van der Waals surface area contributed by atoms with Crippen LogP contribution in [0.5, 0.6) is 5.75 Å². The quantitative estimate of drug-likeness (QED) is 0.544. The summed E-state index contributed by atoms with van der Waals surface area (Å²) in [5.74, 6) is -1.55. The molecule has 0 saturated carbocycles. The zero-order chi connectivity index (χ0) is 19.3. The number of rotatable bonds is 7. The highest BCUT2D eigenvalue weighted by molar-refractivity contribution is 6.02. The van der Waals surface area contributed by atoms with Crippen LogP contribution in [0.25, 0.3) is 0 Å². The molecule has 2 rings (SSSR count). The van der Waals surface area contributed by atoms with Crippen LogP contribution in [-0.2, 0) is 11.3 Å². The second-order valence-electron chi connectivity index (χ2n) is 5.37. The molecule has 0 aliphatic carbocycles. The van der Waals surface area contributed by atoms with E-state index in [2.05, 4.69) is 0 Å². The van der Waals surface area contributed by atoms with Crippen molar-refractivity contribution in [2.45, 2.75) is 19.9 Å². The van der Waals surface area contributed by atoms with Crippen LogP contribution >= 0.6 is 0 Å². The van der Waals surface area contributed by atoms with Gasteiger partial charge >= 0.3 is 11.7 Å². The first-order chi connectivity index (χ1) is 12.4. The number of nitrogens with zero attached hydrogens (tertiary/aromatic N) is 1. The number of aromatic amines is 1. The van der Waals surface area contributed by atoms with E-state index in [9.17, 15) is 19.2 Å². The molecule has 2 aromatic rings. The van der Waals surface area contributed by atoms with Crippen LogP contribution in [-0.4, -0.2) is 35.0 Å². The smallest absolute Gasteiger partial charge is 0.342 e. The number of para-hydroxylation sites is 1. The standard InChI is InChI=1S/C17H19N3O6/c1-3-8-20-14(18)13(15(22)19-17(20)24)11(21)9-26-16(23)10-6-4-5-7-12(10)25-2/h4-7H,3,8-9,18H2,1-2H3,(H,19,22,24). The van der Waals surface area contributed by atoms with Gasteiger partial charge in [0, 0.05) is 6.54 Å². The molecular formula is C17H19N3O6. The number of ether oxygens (including phenoxy) is 2. The Bertz CT molecular complexity index is 944. The summed E-state index contributed by atoms with van der Waals surface area (Å²) < 4.78 is 11.1. The van der Waals surface area contributed by atoms with E-state index in [1.54, 1.807) is 18.2 Å². The van der Waals surface area contributed by atoms with Crippen LogP contribution in [0.3, 0.4) is 0 Å². The number of methoxy groups -OCH3 is 1. The van der Waals surface area contributed by atoms with Gasteiger partial charge in [0.15, 0.2) is 6.61 Å². The van der Waals surface area contributed by atoms with Crippen molar-refractivity contribution >= 4 is 17.6 Å². The SMILES string of the molecule is CCCn1c(N)c(C(=O)COC(=O)c2ccccc2OC)c(=O)[nH]c1=O. The zero-order valence-electron chi connectivity index (χ0n) is 14.4. The van der Waals surface area contributed by atoms with Gasteiger partial charge in [0.25, 0.3) is 5.56 Å². The molecule has 1 aromatic heterocycles. The number of benzene rings is 1. The lowest BCUT2D eigenvalue weighted by atomic mass is 10.2. The van der Waals surface area contributed by atoms with Crippen molar-refractivity contribution in [1.82, 2.24) is 9.55 Å². The molecular weight excluding hydrogens is 342 g/mol. The molecule has 0 atom stereocenters. The number of Topliss-reactive ketones (excluding diaryl/α,β-unsaturated/α-hetero) is 1. The van der Waals surface area contributed by atoms with Gasteiger partial charge in [-0.1, -0.05) is 19.1 Å². The van der Waals surface area contributed by atoms with Crippen LogP contribution in [0.1, 0.15) is 34.1 Å². The van der Waals surface area contributed by atoms with Crippen molar-refractivity contribution in [3.05, 3.63) is 56.2 Å². The fourth-order valence-corrected chi connectivity index (χ4v) is 2.40. The molecule has 0 radical (unpaired) electrons. The molecule has 9 nitrogen and oxygen atoms in total. The van der Waals surface area contributed by atoms with E-state index < -0.39 is 35.2 Å². The minimum Gasteiger partial charge on any atom is -0.496 e. The molecule has 9 heteroatoms. The number of anilines is 1. The number of nitrogens with one attached hydrogen (secondary N) is 1. The predicted octanol–water partition coefficient (Wildman–Crippen LogP) is 0.577. The highest BCUT2D eigenvalue weighted by atomic mass is 16.5. The molecule has 138 valence electrons. The Kier molecular flexibility index (Phi) is 5.94. The fourth-order valence-electron chi connectivity index (χ4n) is 2.40. The number of carbonyl (C=O) groups is 2. The maximum Gasteiger partial charge on any atom is 0.342 e. The Morgan fingerprint density at radius 2 is 1.92 bits per heavy atom. The van der Waals surface area contributed by atoms with Crippen LogP contribution in [0.15, 0.2) is 33.9 Å². The van der Waals surface area contributed by atoms with Gasteiger partial charge < -0.3 is 15.2 Å². The van der Waals surface area contributed by atoms with Crippen LogP contribution in [0, 0.1) is 0 Å². The molecule has 0 saturated heterocycles. The minimum absolute atomic E-state index is 0.139. The Hall–Kier alpha value is -3.36. The van der Waals surface area contributed by atoms with E-state index in [4.69, 9.17) is 15.2 Å². The van der Waals surface area contributed by atoms with Gasteiger partial charge in [-0.25, -0.2) is 9.59 Å². The van der Waals surface area contributed by atoms with Gasteiger partial charge in [0.05, 0.1) is 7.11 Å². The maximum absolute atomic E-state index is 12.3. The average Bonchev–Trinajstić information content (AvgIpc) is 2.62. The topological polar surface area (TPSA) is 133 Å². The fraction of sp³-hybridized carbons (Fsp3) is 0.294. The summed E-state index contributed by atoms with van der Waals surface area (Å²) in [6.45, 7) is 1.35. The Morgan fingerprint density at radius 3 is 2.58 bits per heavy atom. The molecule has 0 aliphatic rings. The summed E-state index contributed by atoms with van der Waals surface area (Å²) in [6.07, 6.45) is 0.576. The van der Waals surface area contributed by atoms with E-state index in [1.165, 1.54) is 13.2 Å². The number of aromatic nitrogens is 2. The molecule has 0 spiro atoms. The highest BCUT2D eigenvalue weighted by Crippen LogP contribution is 2.18. The largest absolute Gasteiger partial charge is 0.496 e. The van der Waals surface area contributed by atoms with E-state index in [1.807, 2.05) is 11.9 Å². The van der Waals surface area contributed by atoms with Crippen molar-refractivity contribution < 1.29 is 19.1 Å². The highest BCUT2D eigenvalue weighted by Gasteiger charge is 2.21. The Labute approximate surface area is 148 Å². The summed E-state index contributed by atoms with van der Waals surface area (Å²) >= 11 is 0. The number of hydrogen-bond donors (Lipinski definition) is 2. The number of nitrogens with two attached hydrogens (primary N) is 1. The lowest BCUT2D eigenvalue weighted by Crippen LogP contribution is -2.37. The van der Waals surface area contributed by atoms with Gasteiger partial charge in [-0.15, -0.1) is 0 Å². The normalized spacial score (nSPS) is 10.4. The molecule has 0 bridgehead atoms. The lowest BCUT2D eigenvalue weighted by Gasteiger charge is -2.11. The third kappa shape index (κ3) is 3.82. The maximum atomic E-state index is 12.3. The monoisotopic (exact) mass is 361 g/mol. The van der Waals surface area contributed by atoms with Crippen molar-refractivity contribution in [3.8, 4) is 5.75 Å². The van der Waals surface area contributed by atoms with E-state index in [-0.39, 0.29) is 17.9 Å². The van der Waals surface area contributed by atoms with Gasteiger partial charge in [-0.2, -0.15) is 0 Å². The summed E-state index contributed by atoms with van der Waals surface area (Å²) in [5, 5.41) is 0. The zero-order valence-corrected chi connectivity index (χ0v) is 14.4. The molecule has 0 amide bonds. The number of esters is 1. The first-order valence-corrected chi connectivity index (χ1v) is 7.86. The van der Waals surface area contributed by atoms with E-state index >= 15 is 0 Å². The van der Waals surface area contributed by atoms with Gasteiger partial charge in [-0.3, -0.25) is 19.1 Å². The van der Waals surface area contributed by atoms with Crippen LogP contribution in [0.2, 0.25) is 0 Å². The molecule has 0 aliphatic heterocycles. The first kappa shape index (κ1) is 19.0. The van der Waals surface area contributed by atoms with Crippen molar-refractivity contribution in [2.75, 3.05) is 19.5 Å². The summed E-state index contributed by atoms with van der Waals surface area (Å²) in [7, 11) is 1.40. The molecule has 26 heavy (non-hydrogen) atoms. The molecule has 3 N–H and O–H groups in total. The van der Waals surface area contributed by atoms with E-state index in [0.29, 0.717) is 12.2 Å². The van der Waals surface area contributed by atoms with Crippen molar-refractivity contribution in [3.63, 3.8) is 0 Å². The molecule has 1 aromatic carbocycles. The average molecular weight is 361 g/mol. The number of carbonyl (C=O) groups excluding carboxylic acids is 2. The predicted molar refractivity (Wildman–Crippen MR) is 93.6 cm³/mol. The number of H-pyrrole nitrogens is 1. The van der Waals surface area contributed by atoms with E-state index in [0.717, 1.165) is 4.57 Å². The third-order valence-electron chi connectivity index (χ3n) is 3.63. The van der Waals surface area contributed by atoms with Crippen LogP contribution in [0.4, 0.5) is 5.82 Å². The second kappa shape index (κ2) is 8.15. The molecule has 0 fully saturated rings. The van der Waals surface area contributed by atoms with Gasteiger partial charge in [-0.05, 0) is 18.6 Å². The van der Waals surface area contributed by atoms with Crippen LogP contribution < -0.4 is 21.7 Å². The lowest BCUT2D eigenvalue weighted by molar-refractivity contribution is 0.0471. The Balaban J connectivity index is 2.23.